The Morgan fingerprint density at radius 1 is 1.38 bits per heavy atom. The minimum atomic E-state index is -0.780. The second-order valence-electron chi connectivity index (χ2n) is 4.25. The van der Waals surface area contributed by atoms with Crippen LogP contribution in [0.3, 0.4) is 0 Å². The highest BCUT2D eigenvalue weighted by Crippen LogP contribution is 2.33. The number of likely N-dealkylation sites (N-methyl/N-ethyl adjacent to an activating group) is 1. The highest BCUT2D eigenvalue weighted by Gasteiger charge is 2.37. The number of aromatic hydroxyl groups is 1. The van der Waals surface area contributed by atoms with Gasteiger partial charge in [-0.1, -0.05) is 12.1 Å². The lowest BCUT2D eigenvalue weighted by Crippen LogP contribution is -2.36. The van der Waals surface area contributed by atoms with Gasteiger partial charge in [0.05, 0.1) is 0 Å². The third-order valence-corrected chi connectivity index (χ3v) is 3.22. The summed E-state index contributed by atoms with van der Waals surface area (Å²) in [7, 11) is 1.83. The van der Waals surface area contributed by atoms with Crippen LogP contribution in [0, 0.1) is 0 Å². The van der Waals surface area contributed by atoms with E-state index in [2.05, 4.69) is 0 Å². The summed E-state index contributed by atoms with van der Waals surface area (Å²) < 4.78 is 0. The minimum Gasteiger partial charge on any atom is -0.508 e. The smallest absolute Gasteiger partial charge is 0.321 e. The van der Waals surface area contributed by atoms with Crippen molar-refractivity contribution in [3.05, 3.63) is 29.8 Å². The minimum absolute atomic E-state index is 0.0168. The lowest BCUT2D eigenvalue weighted by Gasteiger charge is -2.20. The molecule has 4 heteroatoms. The van der Waals surface area contributed by atoms with E-state index in [4.69, 9.17) is 0 Å². The number of carboxylic acids is 1. The Bertz CT molecular complexity index is 388. The molecule has 1 heterocycles. The quantitative estimate of drug-likeness (QED) is 0.789. The molecule has 0 radical (unpaired) electrons. The highest BCUT2D eigenvalue weighted by atomic mass is 16.4. The molecule has 0 spiro atoms. The summed E-state index contributed by atoms with van der Waals surface area (Å²) in [6.45, 7) is 0.794. The largest absolute Gasteiger partial charge is 0.508 e. The molecule has 1 aromatic carbocycles. The van der Waals surface area contributed by atoms with Gasteiger partial charge in [0, 0.05) is 5.92 Å². The number of carboxylic acid groups (broad SMARTS) is 1. The second-order valence-corrected chi connectivity index (χ2v) is 4.25. The maximum Gasteiger partial charge on any atom is 0.321 e. The average molecular weight is 221 g/mol. The van der Waals surface area contributed by atoms with Gasteiger partial charge >= 0.3 is 5.97 Å². The molecule has 1 fully saturated rings. The first-order valence-corrected chi connectivity index (χ1v) is 5.31. The lowest BCUT2D eigenvalue weighted by molar-refractivity contribution is -0.142. The Morgan fingerprint density at radius 3 is 2.56 bits per heavy atom. The second kappa shape index (κ2) is 4.14. The molecule has 4 nitrogen and oxygen atoms in total. The number of phenols is 1. The molecule has 1 saturated heterocycles. The van der Waals surface area contributed by atoms with Gasteiger partial charge in [0.25, 0.3) is 0 Å². The molecule has 0 amide bonds. The first-order valence-electron chi connectivity index (χ1n) is 5.31. The summed E-state index contributed by atoms with van der Waals surface area (Å²) in [6, 6.07) is 6.35. The number of aliphatic carboxylic acids is 1. The van der Waals surface area contributed by atoms with Crippen LogP contribution in [-0.4, -0.2) is 40.7 Å². The van der Waals surface area contributed by atoms with Crippen LogP contribution in [0.2, 0.25) is 0 Å². The van der Waals surface area contributed by atoms with Crippen molar-refractivity contribution in [3.8, 4) is 5.75 Å². The van der Waals surface area contributed by atoms with Gasteiger partial charge in [-0.05, 0) is 37.7 Å². The van der Waals surface area contributed by atoms with Crippen LogP contribution in [0.15, 0.2) is 24.3 Å². The monoisotopic (exact) mass is 221 g/mol. The predicted octanol–water partition coefficient (Wildman–Crippen LogP) is 1.26. The Morgan fingerprint density at radius 2 is 2.00 bits per heavy atom. The molecule has 0 bridgehead atoms. The van der Waals surface area contributed by atoms with Crippen LogP contribution in [0.25, 0.3) is 0 Å². The van der Waals surface area contributed by atoms with E-state index in [1.807, 2.05) is 11.9 Å². The van der Waals surface area contributed by atoms with Gasteiger partial charge in [0.1, 0.15) is 11.8 Å². The molecule has 16 heavy (non-hydrogen) atoms. The number of hydrogen-bond acceptors (Lipinski definition) is 3. The molecule has 2 rings (SSSR count). The van der Waals surface area contributed by atoms with Gasteiger partial charge in [-0.2, -0.15) is 0 Å². The van der Waals surface area contributed by atoms with Gasteiger partial charge in [-0.3, -0.25) is 9.69 Å². The number of hydrogen-bond donors (Lipinski definition) is 2. The van der Waals surface area contributed by atoms with E-state index in [1.54, 1.807) is 24.3 Å². The number of benzene rings is 1. The maximum absolute atomic E-state index is 11.2. The summed E-state index contributed by atoms with van der Waals surface area (Å²) in [5.74, 6) is -0.553. The van der Waals surface area contributed by atoms with Gasteiger partial charge in [-0.25, -0.2) is 0 Å². The van der Waals surface area contributed by atoms with Crippen LogP contribution < -0.4 is 0 Å². The molecule has 0 aromatic heterocycles. The van der Waals surface area contributed by atoms with Crippen molar-refractivity contribution >= 4 is 5.97 Å². The molecule has 0 aliphatic carbocycles. The molecular formula is C12H15NO3. The first-order chi connectivity index (χ1) is 7.59. The molecule has 0 saturated carbocycles. The molecule has 1 aliphatic heterocycles. The van der Waals surface area contributed by atoms with Crippen LogP contribution in [0.5, 0.6) is 5.75 Å². The number of nitrogens with zero attached hydrogens (tertiary/aromatic N) is 1. The van der Waals surface area contributed by atoms with E-state index in [0.717, 1.165) is 18.5 Å². The fourth-order valence-electron chi connectivity index (χ4n) is 2.38. The fourth-order valence-corrected chi connectivity index (χ4v) is 2.38. The van der Waals surface area contributed by atoms with Crippen molar-refractivity contribution < 1.29 is 15.0 Å². The van der Waals surface area contributed by atoms with Crippen LogP contribution >= 0.6 is 0 Å². The van der Waals surface area contributed by atoms with E-state index >= 15 is 0 Å². The normalized spacial score (nSPS) is 25.8. The number of carbonyl (C=O) groups is 1. The standard InChI is InChI=1S/C12H15NO3/c1-13-7-6-10(11(13)12(15)16)8-2-4-9(14)5-3-8/h2-5,10-11,14H,6-7H2,1H3,(H,15,16). The Hall–Kier alpha value is -1.55. The van der Waals surface area contributed by atoms with Gasteiger partial charge in [-0.15, -0.1) is 0 Å². The zero-order valence-electron chi connectivity index (χ0n) is 9.13. The number of phenolic OH excluding ortho intramolecular Hbond substituents is 1. The molecule has 1 aromatic rings. The van der Waals surface area contributed by atoms with Crippen molar-refractivity contribution in [2.45, 2.75) is 18.4 Å². The van der Waals surface area contributed by atoms with Crippen molar-refractivity contribution in [1.29, 1.82) is 0 Å². The predicted molar refractivity (Wildman–Crippen MR) is 59.5 cm³/mol. The zero-order valence-corrected chi connectivity index (χ0v) is 9.13. The maximum atomic E-state index is 11.2. The van der Waals surface area contributed by atoms with Gasteiger partial charge in [0.15, 0.2) is 0 Å². The molecule has 2 atom stereocenters. The van der Waals surface area contributed by atoms with Gasteiger partial charge in [0.2, 0.25) is 0 Å². The average Bonchev–Trinajstić information content (AvgIpc) is 2.61. The summed E-state index contributed by atoms with van der Waals surface area (Å²) in [5, 5.41) is 18.4. The summed E-state index contributed by atoms with van der Waals surface area (Å²) in [4.78, 5) is 13.0. The number of rotatable bonds is 2. The van der Waals surface area contributed by atoms with E-state index in [1.165, 1.54) is 0 Å². The number of likely N-dealkylation sites (tertiary alicyclic amines) is 1. The van der Waals surface area contributed by atoms with Crippen molar-refractivity contribution in [1.82, 2.24) is 4.90 Å². The lowest BCUT2D eigenvalue weighted by atomic mass is 9.92. The third-order valence-electron chi connectivity index (χ3n) is 3.22. The van der Waals surface area contributed by atoms with E-state index in [-0.39, 0.29) is 11.7 Å². The van der Waals surface area contributed by atoms with Crippen molar-refractivity contribution in [3.63, 3.8) is 0 Å². The van der Waals surface area contributed by atoms with Gasteiger partial charge < -0.3 is 10.2 Å². The van der Waals surface area contributed by atoms with Crippen LogP contribution in [0.4, 0.5) is 0 Å². The topological polar surface area (TPSA) is 60.8 Å². The van der Waals surface area contributed by atoms with E-state index < -0.39 is 12.0 Å². The summed E-state index contributed by atoms with van der Waals surface area (Å²) in [5.41, 5.74) is 0.981. The van der Waals surface area contributed by atoms with Crippen molar-refractivity contribution in [2.75, 3.05) is 13.6 Å². The summed E-state index contributed by atoms with van der Waals surface area (Å²) >= 11 is 0. The molecule has 2 N–H and O–H groups in total. The van der Waals surface area contributed by atoms with Crippen molar-refractivity contribution in [2.24, 2.45) is 0 Å². The Balaban J connectivity index is 2.26. The Labute approximate surface area is 94.1 Å². The zero-order chi connectivity index (χ0) is 11.7. The summed E-state index contributed by atoms with van der Waals surface area (Å²) in [6.07, 6.45) is 0.845. The molecule has 1 aliphatic rings. The highest BCUT2D eigenvalue weighted by molar-refractivity contribution is 5.75. The first kappa shape index (κ1) is 11.0. The molecule has 86 valence electrons. The van der Waals surface area contributed by atoms with E-state index in [0.29, 0.717) is 0 Å². The SMILES string of the molecule is CN1CCC(c2ccc(O)cc2)C1C(=O)O. The Kier molecular flexibility index (Phi) is 2.83. The molecular weight excluding hydrogens is 206 g/mol. The van der Waals surface area contributed by atoms with E-state index in [9.17, 15) is 15.0 Å². The fraction of sp³-hybridized carbons (Fsp3) is 0.417. The van der Waals surface area contributed by atoms with Crippen LogP contribution in [0.1, 0.15) is 17.9 Å². The molecule has 2 unspecified atom stereocenters. The third kappa shape index (κ3) is 1.88. The van der Waals surface area contributed by atoms with Crippen LogP contribution in [-0.2, 0) is 4.79 Å².